The van der Waals surface area contributed by atoms with E-state index in [0.29, 0.717) is 6.04 Å². The van der Waals surface area contributed by atoms with Crippen molar-refractivity contribution in [2.24, 2.45) is 10.9 Å². The molecule has 0 aromatic carbocycles. The molecule has 74 valence electrons. The predicted molar refractivity (Wildman–Crippen MR) is 59.3 cm³/mol. The van der Waals surface area contributed by atoms with Crippen LogP contribution in [0, 0.1) is 5.92 Å². The van der Waals surface area contributed by atoms with E-state index in [4.69, 9.17) is 0 Å². The lowest BCUT2D eigenvalue weighted by Gasteiger charge is -2.13. The largest absolute Gasteiger partial charge is 0.362 e. The smallest absolute Gasteiger partial charge is 0.157 e. The first-order valence-electron chi connectivity index (χ1n) is 5.27. The maximum absolute atomic E-state index is 4.51. The van der Waals surface area contributed by atoms with E-state index in [-0.39, 0.29) is 0 Å². The number of rotatable bonds is 3. The Labute approximate surface area is 84.6 Å². The average molecular weight is 198 g/mol. The molecule has 0 aromatic rings. The summed E-state index contributed by atoms with van der Waals surface area (Å²) in [6, 6.07) is 0.641. The van der Waals surface area contributed by atoms with Gasteiger partial charge in [-0.2, -0.15) is 0 Å². The lowest BCUT2D eigenvalue weighted by molar-refractivity contribution is 0.591. The second-order valence-electron chi connectivity index (χ2n) is 4.06. The number of nitrogens with zero attached hydrogens (tertiary/aromatic N) is 1. The predicted octanol–water partition coefficient (Wildman–Crippen LogP) is 2.26. The molecule has 1 N–H and O–H groups in total. The van der Waals surface area contributed by atoms with Crippen molar-refractivity contribution in [2.75, 3.05) is 6.54 Å². The number of aliphatic imine (C=N–C) groups is 1. The summed E-state index contributed by atoms with van der Waals surface area (Å²) in [5.74, 6) is 0.920. The minimum absolute atomic E-state index is 0.641. The zero-order chi connectivity index (χ0) is 9.26. The van der Waals surface area contributed by atoms with Crippen LogP contribution in [0.15, 0.2) is 4.99 Å². The second kappa shape index (κ2) is 3.91. The third-order valence-corrected chi connectivity index (χ3v) is 4.14. The van der Waals surface area contributed by atoms with Crippen LogP contribution in [0.3, 0.4) is 0 Å². The van der Waals surface area contributed by atoms with Crippen molar-refractivity contribution in [3.63, 3.8) is 0 Å². The van der Waals surface area contributed by atoms with Gasteiger partial charge in [0.25, 0.3) is 0 Å². The van der Waals surface area contributed by atoms with Crippen molar-refractivity contribution in [3.05, 3.63) is 0 Å². The molecule has 0 aromatic heterocycles. The zero-order valence-corrected chi connectivity index (χ0v) is 9.23. The van der Waals surface area contributed by atoms with Crippen LogP contribution in [-0.2, 0) is 0 Å². The number of hydrogen-bond acceptors (Lipinski definition) is 3. The van der Waals surface area contributed by atoms with Crippen LogP contribution in [0.1, 0.15) is 33.1 Å². The molecule has 2 nitrogen and oxygen atoms in total. The molecular formula is C10H18N2S. The number of amidine groups is 1. The minimum atomic E-state index is 0.641. The molecule has 0 amide bonds. The van der Waals surface area contributed by atoms with Gasteiger partial charge in [0, 0.05) is 11.3 Å². The van der Waals surface area contributed by atoms with E-state index in [1.165, 1.54) is 24.4 Å². The molecule has 0 saturated heterocycles. The average Bonchev–Trinajstić information content (AvgIpc) is 2.88. The van der Waals surface area contributed by atoms with Crippen molar-refractivity contribution in [3.8, 4) is 0 Å². The summed E-state index contributed by atoms with van der Waals surface area (Å²) < 4.78 is 0. The van der Waals surface area contributed by atoms with Crippen molar-refractivity contribution >= 4 is 16.9 Å². The molecule has 13 heavy (non-hydrogen) atoms. The molecule has 1 saturated carbocycles. The van der Waals surface area contributed by atoms with E-state index >= 15 is 0 Å². The van der Waals surface area contributed by atoms with E-state index in [0.717, 1.165) is 17.7 Å². The molecule has 0 spiro atoms. The molecule has 2 atom stereocenters. The van der Waals surface area contributed by atoms with Gasteiger partial charge < -0.3 is 5.32 Å². The van der Waals surface area contributed by atoms with Crippen LogP contribution in [0.5, 0.6) is 0 Å². The van der Waals surface area contributed by atoms with Gasteiger partial charge in [-0.05, 0) is 32.1 Å². The van der Waals surface area contributed by atoms with Crippen LogP contribution >= 0.6 is 11.8 Å². The van der Waals surface area contributed by atoms with Crippen molar-refractivity contribution in [1.29, 1.82) is 0 Å². The number of hydrogen-bond donors (Lipinski definition) is 1. The normalized spacial score (nSPS) is 30.0. The topological polar surface area (TPSA) is 24.4 Å². The summed E-state index contributed by atoms with van der Waals surface area (Å²) in [5, 5.41) is 5.43. The summed E-state index contributed by atoms with van der Waals surface area (Å²) in [5.41, 5.74) is 0. The summed E-state index contributed by atoms with van der Waals surface area (Å²) in [6.45, 7) is 5.53. The molecule has 0 bridgehead atoms. The molecule has 1 fully saturated rings. The molecule has 2 aliphatic rings. The second-order valence-corrected chi connectivity index (χ2v) is 5.35. The maximum atomic E-state index is 4.51. The van der Waals surface area contributed by atoms with Crippen molar-refractivity contribution in [2.45, 2.75) is 44.4 Å². The Morgan fingerprint density at radius 3 is 2.92 bits per heavy atom. The van der Waals surface area contributed by atoms with Crippen molar-refractivity contribution < 1.29 is 0 Å². The van der Waals surface area contributed by atoms with Gasteiger partial charge in [0.2, 0.25) is 0 Å². The van der Waals surface area contributed by atoms with Gasteiger partial charge >= 0.3 is 0 Å². The lowest BCUT2D eigenvalue weighted by atomic mass is 10.2. The third kappa shape index (κ3) is 2.39. The quantitative estimate of drug-likeness (QED) is 0.752. The van der Waals surface area contributed by atoms with Gasteiger partial charge in [-0.15, -0.1) is 0 Å². The van der Waals surface area contributed by atoms with Crippen molar-refractivity contribution in [1.82, 2.24) is 5.32 Å². The first kappa shape index (κ1) is 9.38. The Morgan fingerprint density at radius 1 is 1.62 bits per heavy atom. The van der Waals surface area contributed by atoms with Crippen LogP contribution in [0.25, 0.3) is 0 Å². The fourth-order valence-corrected chi connectivity index (χ4v) is 2.65. The third-order valence-electron chi connectivity index (χ3n) is 2.85. The van der Waals surface area contributed by atoms with Crippen LogP contribution < -0.4 is 5.32 Å². The number of nitrogens with one attached hydrogen (secondary N) is 1. The highest BCUT2D eigenvalue weighted by molar-refractivity contribution is 8.14. The van der Waals surface area contributed by atoms with E-state index < -0.39 is 0 Å². The monoisotopic (exact) mass is 198 g/mol. The Morgan fingerprint density at radius 2 is 2.38 bits per heavy atom. The van der Waals surface area contributed by atoms with E-state index in [2.05, 4.69) is 24.2 Å². The molecular weight excluding hydrogens is 180 g/mol. The summed E-state index contributed by atoms with van der Waals surface area (Å²) in [7, 11) is 0. The SMILES string of the molecule is CCC1CN=C(NC(C)C2CC2)S1. The van der Waals surface area contributed by atoms with Gasteiger partial charge in [-0.3, -0.25) is 4.99 Å². The van der Waals surface area contributed by atoms with E-state index in [9.17, 15) is 0 Å². The van der Waals surface area contributed by atoms with Gasteiger partial charge in [-0.1, -0.05) is 18.7 Å². The molecule has 2 unspecified atom stereocenters. The van der Waals surface area contributed by atoms with E-state index in [1.54, 1.807) is 0 Å². The Bertz CT molecular complexity index is 211. The van der Waals surface area contributed by atoms with Gasteiger partial charge in [-0.25, -0.2) is 0 Å². The lowest BCUT2D eigenvalue weighted by Crippen LogP contribution is -2.31. The maximum Gasteiger partial charge on any atom is 0.157 e. The first-order valence-corrected chi connectivity index (χ1v) is 6.15. The minimum Gasteiger partial charge on any atom is -0.362 e. The molecule has 1 heterocycles. The fraction of sp³-hybridized carbons (Fsp3) is 0.900. The van der Waals surface area contributed by atoms with Crippen LogP contribution in [-0.4, -0.2) is 23.0 Å². The Balaban J connectivity index is 1.75. The first-order chi connectivity index (χ1) is 6.29. The summed E-state index contributed by atoms with van der Waals surface area (Å²) in [4.78, 5) is 4.51. The highest BCUT2D eigenvalue weighted by Gasteiger charge is 2.29. The molecule has 1 aliphatic carbocycles. The van der Waals surface area contributed by atoms with Crippen LogP contribution in [0.4, 0.5) is 0 Å². The van der Waals surface area contributed by atoms with Gasteiger partial charge in [0.15, 0.2) is 5.17 Å². The zero-order valence-electron chi connectivity index (χ0n) is 8.42. The molecule has 0 radical (unpaired) electrons. The van der Waals surface area contributed by atoms with Gasteiger partial charge in [0.05, 0.1) is 6.54 Å². The summed E-state index contributed by atoms with van der Waals surface area (Å²) in [6.07, 6.45) is 4.05. The molecule has 3 heteroatoms. The highest BCUT2D eigenvalue weighted by atomic mass is 32.2. The van der Waals surface area contributed by atoms with Gasteiger partial charge in [0.1, 0.15) is 0 Å². The number of thioether (sulfide) groups is 1. The summed E-state index contributed by atoms with van der Waals surface area (Å²) >= 11 is 1.92. The fourth-order valence-electron chi connectivity index (χ4n) is 1.62. The standard InChI is InChI=1S/C10H18N2S/c1-3-9-6-11-10(13-9)12-7(2)8-4-5-8/h7-9H,3-6H2,1-2H3,(H,11,12). The van der Waals surface area contributed by atoms with E-state index in [1.807, 2.05) is 11.8 Å². The van der Waals surface area contributed by atoms with Crippen LogP contribution in [0.2, 0.25) is 0 Å². The molecule has 2 rings (SSSR count). The highest BCUT2D eigenvalue weighted by Crippen LogP contribution is 2.33. The Kier molecular flexibility index (Phi) is 2.82. The Hall–Kier alpha value is -0.180. The molecule has 1 aliphatic heterocycles.